The van der Waals surface area contributed by atoms with Crippen LogP contribution in [0.15, 0.2) is 55.2 Å². The molecular weight excluding hydrogens is 308 g/mol. The maximum Gasteiger partial charge on any atom is 0.255 e. The van der Waals surface area contributed by atoms with Gasteiger partial charge in [0.15, 0.2) is 0 Å². The molecule has 0 fully saturated rings. The van der Waals surface area contributed by atoms with Crippen molar-refractivity contribution in [2.45, 2.75) is 6.54 Å². The Kier molecular flexibility index (Phi) is 4.42. The topological polar surface area (TPSA) is 89.3 Å². The van der Waals surface area contributed by atoms with E-state index in [1.54, 1.807) is 41.6 Å². The van der Waals surface area contributed by atoms with Crippen LogP contribution in [0, 0.1) is 0 Å². The standard InChI is InChI=1S/C17H16N4O3/c1-24-13-4-5-14(15(22)9-13)17(23)20-10-12-3-2-6-19-16(12)21-8-7-18-11-21/h2-9,11,22H,10H2,1H3,(H,20,23). The van der Waals surface area contributed by atoms with Crippen LogP contribution < -0.4 is 10.1 Å². The number of hydrogen-bond acceptors (Lipinski definition) is 5. The summed E-state index contributed by atoms with van der Waals surface area (Å²) in [4.78, 5) is 20.6. The third-order valence-corrected chi connectivity index (χ3v) is 3.51. The van der Waals surface area contributed by atoms with E-state index in [1.165, 1.54) is 19.2 Å². The van der Waals surface area contributed by atoms with E-state index in [4.69, 9.17) is 4.74 Å². The van der Waals surface area contributed by atoms with Crippen molar-refractivity contribution >= 4 is 5.91 Å². The first-order valence-corrected chi connectivity index (χ1v) is 7.26. The first-order valence-electron chi connectivity index (χ1n) is 7.26. The van der Waals surface area contributed by atoms with Crippen molar-refractivity contribution in [2.75, 3.05) is 7.11 Å². The van der Waals surface area contributed by atoms with Gasteiger partial charge in [-0.3, -0.25) is 9.36 Å². The molecule has 0 aliphatic rings. The molecule has 3 rings (SSSR count). The number of benzene rings is 1. The first-order chi connectivity index (χ1) is 11.7. The molecule has 122 valence electrons. The number of carbonyl (C=O) groups excluding carboxylic acids is 1. The SMILES string of the molecule is COc1ccc(C(=O)NCc2cccnc2-n2ccnc2)c(O)c1. The van der Waals surface area contributed by atoms with Crippen molar-refractivity contribution in [3.63, 3.8) is 0 Å². The number of rotatable bonds is 5. The summed E-state index contributed by atoms with van der Waals surface area (Å²) in [5, 5.41) is 12.7. The first kappa shape index (κ1) is 15.5. The number of nitrogens with one attached hydrogen (secondary N) is 1. The maximum atomic E-state index is 12.3. The molecule has 24 heavy (non-hydrogen) atoms. The van der Waals surface area contributed by atoms with E-state index >= 15 is 0 Å². The molecule has 7 heteroatoms. The lowest BCUT2D eigenvalue weighted by atomic mass is 10.1. The van der Waals surface area contributed by atoms with Gasteiger partial charge >= 0.3 is 0 Å². The van der Waals surface area contributed by atoms with Gasteiger partial charge in [0.2, 0.25) is 0 Å². The predicted octanol–water partition coefficient (Wildman–Crippen LogP) is 1.91. The molecule has 3 aromatic rings. The molecule has 0 atom stereocenters. The van der Waals surface area contributed by atoms with Crippen LogP contribution in [0.5, 0.6) is 11.5 Å². The van der Waals surface area contributed by atoms with Crippen LogP contribution in [0.3, 0.4) is 0 Å². The Hall–Kier alpha value is -3.35. The summed E-state index contributed by atoms with van der Waals surface area (Å²) < 4.78 is 6.78. The van der Waals surface area contributed by atoms with Gasteiger partial charge in [-0.25, -0.2) is 9.97 Å². The summed E-state index contributed by atoms with van der Waals surface area (Å²) >= 11 is 0. The van der Waals surface area contributed by atoms with Crippen molar-refractivity contribution in [2.24, 2.45) is 0 Å². The van der Waals surface area contributed by atoms with E-state index in [1.807, 2.05) is 6.07 Å². The van der Waals surface area contributed by atoms with Crippen LogP contribution in [0.4, 0.5) is 0 Å². The molecule has 0 aliphatic carbocycles. The number of hydrogen-bond donors (Lipinski definition) is 2. The molecule has 7 nitrogen and oxygen atoms in total. The lowest BCUT2D eigenvalue weighted by Gasteiger charge is -2.11. The fraction of sp³-hybridized carbons (Fsp3) is 0.118. The molecule has 0 radical (unpaired) electrons. The summed E-state index contributed by atoms with van der Waals surface area (Å²) in [6.07, 6.45) is 6.76. The molecule has 0 saturated heterocycles. The Morgan fingerprint density at radius 3 is 2.92 bits per heavy atom. The van der Waals surface area contributed by atoms with E-state index in [-0.39, 0.29) is 23.8 Å². The maximum absolute atomic E-state index is 12.3. The largest absolute Gasteiger partial charge is 0.507 e. The summed E-state index contributed by atoms with van der Waals surface area (Å²) in [6.45, 7) is 0.269. The van der Waals surface area contributed by atoms with Crippen molar-refractivity contribution in [3.05, 3.63) is 66.4 Å². The number of imidazole rings is 1. The van der Waals surface area contributed by atoms with Gasteiger partial charge in [0.1, 0.15) is 23.6 Å². The van der Waals surface area contributed by atoms with Crippen LogP contribution in [0.25, 0.3) is 5.82 Å². The molecule has 1 aromatic carbocycles. The highest BCUT2D eigenvalue weighted by Gasteiger charge is 2.13. The number of aromatic nitrogens is 3. The van der Waals surface area contributed by atoms with Crippen molar-refractivity contribution in [1.29, 1.82) is 0 Å². The second-order valence-corrected chi connectivity index (χ2v) is 5.02. The minimum Gasteiger partial charge on any atom is -0.507 e. The number of phenolic OH excluding ortho intramolecular Hbond substituents is 1. The number of methoxy groups -OCH3 is 1. The number of ether oxygens (including phenoxy) is 1. The van der Waals surface area contributed by atoms with E-state index in [0.717, 1.165) is 5.56 Å². The minimum absolute atomic E-state index is 0.132. The van der Waals surface area contributed by atoms with Gasteiger partial charge in [-0.15, -0.1) is 0 Å². The molecule has 1 amide bonds. The number of nitrogens with zero attached hydrogens (tertiary/aromatic N) is 3. The highest BCUT2D eigenvalue weighted by molar-refractivity contribution is 5.97. The van der Waals surface area contributed by atoms with Crippen molar-refractivity contribution < 1.29 is 14.6 Å². The van der Waals surface area contributed by atoms with Crippen molar-refractivity contribution in [1.82, 2.24) is 19.9 Å². The molecule has 2 aromatic heterocycles. The third kappa shape index (κ3) is 3.19. The lowest BCUT2D eigenvalue weighted by Crippen LogP contribution is -2.23. The Balaban J connectivity index is 1.76. The van der Waals surface area contributed by atoms with Crippen LogP contribution in [0.2, 0.25) is 0 Å². The number of carbonyl (C=O) groups is 1. The Morgan fingerprint density at radius 1 is 1.33 bits per heavy atom. The van der Waals surface area contributed by atoms with Gasteiger partial charge in [-0.2, -0.15) is 0 Å². The van der Waals surface area contributed by atoms with E-state index in [9.17, 15) is 9.90 Å². The second kappa shape index (κ2) is 6.82. The molecule has 0 aliphatic heterocycles. The summed E-state index contributed by atoms with van der Waals surface area (Å²) in [5.74, 6) is 0.663. The molecule has 0 saturated carbocycles. The van der Waals surface area contributed by atoms with E-state index < -0.39 is 0 Å². The zero-order chi connectivity index (χ0) is 16.9. The van der Waals surface area contributed by atoms with Gasteiger partial charge in [0.05, 0.1) is 12.7 Å². The number of aromatic hydroxyl groups is 1. The van der Waals surface area contributed by atoms with Crippen LogP contribution >= 0.6 is 0 Å². The third-order valence-electron chi connectivity index (χ3n) is 3.51. The number of amides is 1. The summed E-state index contributed by atoms with van der Waals surface area (Å²) in [7, 11) is 1.49. The Labute approximate surface area is 138 Å². The molecule has 0 unspecified atom stereocenters. The monoisotopic (exact) mass is 324 g/mol. The predicted molar refractivity (Wildman–Crippen MR) is 87.2 cm³/mol. The van der Waals surface area contributed by atoms with Gasteiger partial charge in [0.25, 0.3) is 5.91 Å². The molecule has 0 spiro atoms. The van der Waals surface area contributed by atoms with Gasteiger partial charge < -0.3 is 15.2 Å². The van der Waals surface area contributed by atoms with Gasteiger partial charge in [-0.05, 0) is 18.2 Å². The van der Waals surface area contributed by atoms with Crippen LogP contribution in [0.1, 0.15) is 15.9 Å². The zero-order valence-corrected chi connectivity index (χ0v) is 13.0. The Morgan fingerprint density at radius 2 is 2.21 bits per heavy atom. The zero-order valence-electron chi connectivity index (χ0n) is 13.0. The highest BCUT2D eigenvalue weighted by Crippen LogP contribution is 2.23. The Bertz CT molecular complexity index is 847. The normalized spacial score (nSPS) is 10.4. The molecule has 2 heterocycles. The molecular formula is C17H16N4O3. The van der Waals surface area contributed by atoms with Crippen LogP contribution in [-0.4, -0.2) is 32.7 Å². The number of phenols is 1. The van der Waals surface area contributed by atoms with E-state index in [2.05, 4.69) is 15.3 Å². The van der Waals surface area contributed by atoms with E-state index in [0.29, 0.717) is 11.6 Å². The fourth-order valence-electron chi connectivity index (χ4n) is 2.29. The quantitative estimate of drug-likeness (QED) is 0.748. The second-order valence-electron chi connectivity index (χ2n) is 5.02. The summed E-state index contributed by atoms with van der Waals surface area (Å²) in [6, 6.07) is 8.21. The molecule has 0 bridgehead atoms. The number of pyridine rings is 1. The highest BCUT2D eigenvalue weighted by atomic mass is 16.5. The summed E-state index contributed by atoms with van der Waals surface area (Å²) in [5.41, 5.74) is 1.01. The minimum atomic E-state index is -0.379. The average molecular weight is 324 g/mol. The molecule has 2 N–H and O–H groups in total. The van der Waals surface area contributed by atoms with Gasteiger partial charge in [0, 0.05) is 36.8 Å². The average Bonchev–Trinajstić information content (AvgIpc) is 3.14. The smallest absolute Gasteiger partial charge is 0.255 e. The lowest BCUT2D eigenvalue weighted by molar-refractivity contribution is 0.0948. The van der Waals surface area contributed by atoms with Crippen LogP contribution in [-0.2, 0) is 6.54 Å². The fourth-order valence-corrected chi connectivity index (χ4v) is 2.29. The van der Waals surface area contributed by atoms with Gasteiger partial charge in [-0.1, -0.05) is 6.07 Å². The van der Waals surface area contributed by atoms with Crippen molar-refractivity contribution in [3.8, 4) is 17.3 Å².